The lowest BCUT2D eigenvalue weighted by molar-refractivity contribution is 0.101. The van der Waals surface area contributed by atoms with Gasteiger partial charge in [0.15, 0.2) is 5.78 Å². The first kappa shape index (κ1) is 17.3. The molecular weight excluding hydrogens is 344 g/mol. The van der Waals surface area contributed by atoms with Crippen LogP contribution in [0.1, 0.15) is 35.3 Å². The van der Waals surface area contributed by atoms with Crippen LogP contribution in [0, 0.1) is 0 Å². The van der Waals surface area contributed by atoms with E-state index in [0.29, 0.717) is 12.1 Å². The number of Topliss-reactive ketones (excluding diaryl/α,β-unsaturated/α-hetero) is 1. The lowest BCUT2D eigenvalue weighted by Crippen LogP contribution is -2.44. The van der Waals surface area contributed by atoms with Crippen LogP contribution in [0.4, 0.5) is 0 Å². The number of ketones is 1. The maximum atomic E-state index is 12.5. The summed E-state index contributed by atoms with van der Waals surface area (Å²) in [7, 11) is -3.59. The first-order chi connectivity index (χ1) is 11.5. The summed E-state index contributed by atoms with van der Waals surface area (Å²) in [6, 6.07) is 8.15. The van der Waals surface area contributed by atoms with E-state index in [2.05, 4.69) is 15.0 Å². The van der Waals surface area contributed by atoms with E-state index in [0.717, 1.165) is 25.1 Å². The Morgan fingerprint density at radius 2 is 1.96 bits per heavy atom. The summed E-state index contributed by atoms with van der Waals surface area (Å²) >= 11 is 1.62. The summed E-state index contributed by atoms with van der Waals surface area (Å²) in [5.74, 6) is -0.0813. The molecule has 1 aliphatic heterocycles. The Labute approximate surface area is 146 Å². The Balaban J connectivity index is 1.72. The number of likely N-dealkylation sites (tertiary alicyclic amines) is 1. The van der Waals surface area contributed by atoms with Gasteiger partial charge in [0.1, 0.15) is 0 Å². The summed E-state index contributed by atoms with van der Waals surface area (Å²) in [6.07, 6.45) is 1.15. The third-order valence-electron chi connectivity index (χ3n) is 4.30. The molecule has 1 aromatic carbocycles. The number of hydrogen-bond donors (Lipinski definition) is 1. The zero-order valence-electron chi connectivity index (χ0n) is 13.4. The summed E-state index contributed by atoms with van der Waals surface area (Å²) < 4.78 is 27.7. The topological polar surface area (TPSA) is 66.5 Å². The van der Waals surface area contributed by atoms with Crippen LogP contribution >= 0.6 is 11.3 Å². The number of sulfonamides is 1. The maximum Gasteiger partial charge on any atom is 0.240 e. The minimum Gasteiger partial charge on any atom is -0.295 e. The molecule has 1 aliphatic rings. The lowest BCUT2D eigenvalue weighted by Gasteiger charge is -2.38. The standard InChI is InChI=1S/C17H20N2O3S2/c1-13(20)14-3-5-16(6-4-14)24(21,22)18-11-17(19-8-2-9-19)15-7-10-23-12-15/h3-7,10,12,17-18H,2,8-9,11H2,1H3/t17-/m0/s1. The molecule has 24 heavy (non-hydrogen) atoms. The second-order valence-corrected chi connectivity index (χ2v) is 8.44. The van der Waals surface area contributed by atoms with Gasteiger partial charge < -0.3 is 0 Å². The van der Waals surface area contributed by atoms with Crippen LogP contribution in [0.5, 0.6) is 0 Å². The lowest BCUT2D eigenvalue weighted by atomic mass is 10.1. The molecule has 7 heteroatoms. The molecule has 0 bridgehead atoms. The molecule has 1 fully saturated rings. The Morgan fingerprint density at radius 3 is 2.46 bits per heavy atom. The third kappa shape index (κ3) is 3.75. The average molecular weight is 364 g/mol. The molecule has 0 radical (unpaired) electrons. The van der Waals surface area contributed by atoms with Gasteiger partial charge in [0.05, 0.1) is 4.90 Å². The highest BCUT2D eigenvalue weighted by molar-refractivity contribution is 7.89. The summed E-state index contributed by atoms with van der Waals surface area (Å²) in [6.45, 7) is 3.79. The Morgan fingerprint density at radius 1 is 1.25 bits per heavy atom. The molecule has 1 saturated heterocycles. The summed E-state index contributed by atoms with van der Waals surface area (Å²) in [5, 5.41) is 4.08. The Hall–Kier alpha value is -1.54. The Bertz CT molecular complexity index is 795. The minimum atomic E-state index is -3.59. The number of rotatable bonds is 7. The van der Waals surface area contributed by atoms with E-state index >= 15 is 0 Å². The van der Waals surface area contributed by atoms with Crippen molar-refractivity contribution >= 4 is 27.1 Å². The highest BCUT2D eigenvalue weighted by Crippen LogP contribution is 2.27. The Kier molecular flexibility index (Phi) is 5.15. The van der Waals surface area contributed by atoms with Gasteiger partial charge in [-0.25, -0.2) is 13.1 Å². The van der Waals surface area contributed by atoms with Gasteiger partial charge in [0, 0.05) is 31.2 Å². The fourth-order valence-electron chi connectivity index (χ4n) is 2.72. The van der Waals surface area contributed by atoms with Crippen molar-refractivity contribution in [3.05, 3.63) is 52.2 Å². The molecule has 3 rings (SSSR count). The van der Waals surface area contributed by atoms with E-state index in [-0.39, 0.29) is 16.7 Å². The normalized spacial score (nSPS) is 16.5. The first-order valence-corrected chi connectivity index (χ1v) is 10.3. The van der Waals surface area contributed by atoms with E-state index in [1.54, 1.807) is 23.5 Å². The van der Waals surface area contributed by atoms with E-state index in [1.165, 1.54) is 19.1 Å². The van der Waals surface area contributed by atoms with E-state index < -0.39 is 10.0 Å². The molecule has 0 spiro atoms. The SMILES string of the molecule is CC(=O)c1ccc(S(=O)(=O)NC[C@@H](c2ccsc2)N2CCC2)cc1. The number of nitrogens with zero attached hydrogens (tertiary/aromatic N) is 1. The molecule has 0 saturated carbocycles. The van der Waals surface area contributed by atoms with Gasteiger partial charge >= 0.3 is 0 Å². The van der Waals surface area contributed by atoms with Crippen LogP contribution in [-0.4, -0.2) is 38.7 Å². The predicted octanol–water partition coefficient (Wildman–Crippen LogP) is 2.68. The van der Waals surface area contributed by atoms with Gasteiger partial charge in [-0.2, -0.15) is 11.3 Å². The molecular formula is C17H20N2O3S2. The van der Waals surface area contributed by atoms with E-state index in [9.17, 15) is 13.2 Å². The van der Waals surface area contributed by atoms with Crippen molar-refractivity contribution in [2.24, 2.45) is 0 Å². The number of benzene rings is 1. The van der Waals surface area contributed by atoms with Gasteiger partial charge in [0.2, 0.25) is 10.0 Å². The van der Waals surface area contributed by atoms with Crippen LogP contribution in [0.15, 0.2) is 46.0 Å². The van der Waals surface area contributed by atoms with Crippen LogP contribution in [-0.2, 0) is 10.0 Å². The number of nitrogens with one attached hydrogen (secondary N) is 1. The quantitative estimate of drug-likeness (QED) is 0.767. The molecule has 1 atom stereocenters. The molecule has 1 aromatic heterocycles. The monoisotopic (exact) mass is 364 g/mol. The highest BCUT2D eigenvalue weighted by Gasteiger charge is 2.27. The smallest absolute Gasteiger partial charge is 0.240 e. The van der Waals surface area contributed by atoms with Crippen molar-refractivity contribution in [2.45, 2.75) is 24.3 Å². The predicted molar refractivity (Wildman–Crippen MR) is 94.9 cm³/mol. The molecule has 1 N–H and O–H groups in total. The van der Waals surface area contributed by atoms with E-state index in [4.69, 9.17) is 0 Å². The molecule has 0 unspecified atom stereocenters. The zero-order chi connectivity index (χ0) is 17.2. The van der Waals surface area contributed by atoms with Crippen molar-refractivity contribution < 1.29 is 13.2 Å². The first-order valence-electron chi connectivity index (χ1n) is 7.84. The summed E-state index contributed by atoms with van der Waals surface area (Å²) in [5.41, 5.74) is 1.65. The molecule has 0 amide bonds. The average Bonchev–Trinajstić information content (AvgIpc) is 3.03. The van der Waals surface area contributed by atoms with Crippen molar-refractivity contribution in [2.75, 3.05) is 19.6 Å². The number of carbonyl (C=O) groups is 1. The van der Waals surface area contributed by atoms with Crippen LogP contribution in [0.2, 0.25) is 0 Å². The van der Waals surface area contributed by atoms with Crippen molar-refractivity contribution in [3.63, 3.8) is 0 Å². The third-order valence-corrected chi connectivity index (χ3v) is 6.44. The van der Waals surface area contributed by atoms with Crippen LogP contribution in [0.25, 0.3) is 0 Å². The van der Waals surface area contributed by atoms with Crippen LogP contribution < -0.4 is 4.72 Å². The minimum absolute atomic E-state index is 0.0660. The number of thiophene rings is 1. The van der Waals surface area contributed by atoms with Crippen molar-refractivity contribution in [1.82, 2.24) is 9.62 Å². The van der Waals surface area contributed by atoms with Gasteiger partial charge in [-0.1, -0.05) is 12.1 Å². The fraction of sp³-hybridized carbons (Fsp3) is 0.353. The van der Waals surface area contributed by atoms with E-state index in [1.807, 2.05) is 11.4 Å². The second-order valence-electron chi connectivity index (χ2n) is 5.89. The zero-order valence-corrected chi connectivity index (χ0v) is 15.1. The number of hydrogen-bond acceptors (Lipinski definition) is 5. The van der Waals surface area contributed by atoms with Gasteiger partial charge in [-0.05, 0) is 47.9 Å². The van der Waals surface area contributed by atoms with Crippen molar-refractivity contribution in [3.8, 4) is 0 Å². The van der Waals surface area contributed by atoms with Gasteiger partial charge in [-0.3, -0.25) is 9.69 Å². The second kappa shape index (κ2) is 7.14. The number of carbonyl (C=O) groups excluding carboxylic acids is 1. The molecule has 2 aromatic rings. The molecule has 5 nitrogen and oxygen atoms in total. The molecule has 2 heterocycles. The van der Waals surface area contributed by atoms with Crippen molar-refractivity contribution in [1.29, 1.82) is 0 Å². The van der Waals surface area contributed by atoms with Gasteiger partial charge in [0.25, 0.3) is 0 Å². The maximum absolute atomic E-state index is 12.5. The largest absolute Gasteiger partial charge is 0.295 e. The highest BCUT2D eigenvalue weighted by atomic mass is 32.2. The summed E-state index contributed by atoms with van der Waals surface area (Å²) in [4.78, 5) is 13.8. The van der Waals surface area contributed by atoms with Gasteiger partial charge in [-0.15, -0.1) is 0 Å². The molecule has 128 valence electrons. The fourth-order valence-corrected chi connectivity index (χ4v) is 4.46. The van der Waals surface area contributed by atoms with Crippen LogP contribution in [0.3, 0.4) is 0 Å². The molecule has 0 aliphatic carbocycles.